The molecule has 0 saturated heterocycles. The van der Waals surface area contributed by atoms with E-state index >= 15 is 0 Å². The van der Waals surface area contributed by atoms with E-state index in [-0.39, 0.29) is 0 Å². The lowest BCUT2D eigenvalue weighted by Crippen LogP contribution is -2.10. The van der Waals surface area contributed by atoms with Gasteiger partial charge in [-0.25, -0.2) is 10.8 Å². The Kier molecular flexibility index (Phi) is 3.79. The van der Waals surface area contributed by atoms with Gasteiger partial charge in [0.05, 0.1) is 5.69 Å². The molecule has 2 rings (SSSR count). The second kappa shape index (κ2) is 5.51. The van der Waals surface area contributed by atoms with Crippen LogP contribution in [0.25, 0.3) is 0 Å². The molecule has 4 heteroatoms. The molecule has 0 aliphatic heterocycles. The standard InChI is InChI=1S/C14H17N3O/c1-10-5-3-6-11(2)14(10)18-9-12-7-4-8-13(16-12)17-15/h3-8H,9,15H2,1-2H3,(H,16,17). The van der Waals surface area contributed by atoms with Gasteiger partial charge in [0.1, 0.15) is 18.2 Å². The molecule has 0 radical (unpaired) electrons. The monoisotopic (exact) mass is 243 g/mol. The molecule has 0 bridgehead atoms. The van der Waals surface area contributed by atoms with Crippen LogP contribution in [0.1, 0.15) is 16.8 Å². The Labute approximate surface area is 107 Å². The number of hydrogen-bond donors (Lipinski definition) is 2. The van der Waals surface area contributed by atoms with Gasteiger partial charge >= 0.3 is 0 Å². The Morgan fingerprint density at radius 2 is 1.78 bits per heavy atom. The molecule has 94 valence electrons. The SMILES string of the molecule is Cc1cccc(C)c1OCc1cccc(NN)n1. The number of ether oxygens (including phenoxy) is 1. The first-order valence-electron chi connectivity index (χ1n) is 5.82. The van der Waals surface area contributed by atoms with Gasteiger partial charge < -0.3 is 10.2 Å². The minimum atomic E-state index is 0.432. The summed E-state index contributed by atoms with van der Waals surface area (Å²) in [6, 6.07) is 11.7. The van der Waals surface area contributed by atoms with Crippen molar-refractivity contribution in [3.8, 4) is 5.75 Å². The lowest BCUT2D eigenvalue weighted by Gasteiger charge is -2.11. The van der Waals surface area contributed by atoms with Gasteiger partial charge in [0.15, 0.2) is 0 Å². The summed E-state index contributed by atoms with van der Waals surface area (Å²) in [5, 5.41) is 0. The fraction of sp³-hybridized carbons (Fsp3) is 0.214. The number of para-hydroxylation sites is 1. The number of nitrogens with zero attached hydrogens (tertiary/aromatic N) is 1. The van der Waals surface area contributed by atoms with E-state index in [0.29, 0.717) is 12.4 Å². The van der Waals surface area contributed by atoms with Gasteiger partial charge in [0.2, 0.25) is 0 Å². The maximum Gasteiger partial charge on any atom is 0.140 e. The third-order valence-electron chi connectivity index (χ3n) is 2.73. The van der Waals surface area contributed by atoms with Crippen LogP contribution in [0, 0.1) is 13.8 Å². The maximum atomic E-state index is 5.82. The highest BCUT2D eigenvalue weighted by molar-refractivity contribution is 5.40. The average Bonchev–Trinajstić information content (AvgIpc) is 2.38. The van der Waals surface area contributed by atoms with Crippen LogP contribution in [0.15, 0.2) is 36.4 Å². The normalized spacial score (nSPS) is 10.2. The van der Waals surface area contributed by atoms with Crippen LogP contribution in [0.4, 0.5) is 5.82 Å². The fourth-order valence-corrected chi connectivity index (χ4v) is 1.81. The number of aromatic nitrogens is 1. The third-order valence-corrected chi connectivity index (χ3v) is 2.73. The molecule has 0 saturated carbocycles. The molecule has 3 N–H and O–H groups in total. The second-order valence-corrected chi connectivity index (χ2v) is 4.17. The molecule has 0 aliphatic carbocycles. The second-order valence-electron chi connectivity index (χ2n) is 4.17. The lowest BCUT2D eigenvalue weighted by molar-refractivity contribution is 0.297. The molecule has 1 heterocycles. The van der Waals surface area contributed by atoms with E-state index in [1.807, 2.05) is 50.2 Å². The summed E-state index contributed by atoms with van der Waals surface area (Å²) in [4.78, 5) is 4.30. The largest absolute Gasteiger partial charge is 0.487 e. The van der Waals surface area contributed by atoms with Crippen molar-refractivity contribution in [3.63, 3.8) is 0 Å². The summed E-state index contributed by atoms with van der Waals surface area (Å²) < 4.78 is 5.82. The average molecular weight is 243 g/mol. The number of rotatable bonds is 4. The van der Waals surface area contributed by atoms with Gasteiger partial charge in [-0.3, -0.25) is 0 Å². The summed E-state index contributed by atoms with van der Waals surface area (Å²) in [6.07, 6.45) is 0. The van der Waals surface area contributed by atoms with Crippen molar-refractivity contribution in [1.82, 2.24) is 4.98 Å². The van der Waals surface area contributed by atoms with Gasteiger partial charge in [-0.15, -0.1) is 0 Å². The molecule has 0 aliphatic rings. The molecule has 0 atom stereocenters. The summed E-state index contributed by atoms with van der Waals surface area (Å²) in [5.74, 6) is 6.88. The van der Waals surface area contributed by atoms with Crippen LogP contribution in [0.5, 0.6) is 5.75 Å². The number of aryl methyl sites for hydroxylation is 2. The van der Waals surface area contributed by atoms with E-state index in [1.165, 1.54) is 0 Å². The van der Waals surface area contributed by atoms with Crippen molar-refractivity contribution in [3.05, 3.63) is 53.2 Å². The highest BCUT2D eigenvalue weighted by Gasteiger charge is 2.04. The Hall–Kier alpha value is -2.07. The van der Waals surface area contributed by atoms with Crippen molar-refractivity contribution in [2.45, 2.75) is 20.5 Å². The van der Waals surface area contributed by atoms with Gasteiger partial charge in [-0.1, -0.05) is 24.3 Å². The molecule has 18 heavy (non-hydrogen) atoms. The number of nitrogens with two attached hydrogens (primary N) is 1. The fourth-order valence-electron chi connectivity index (χ4n) is 1.81. The lowest BCUT2D eigenvalue weighted by atomic mass is 10.1. The van der Waals surface area contributed by atoms with Gasteiger partial charge in [0.25, 0.3) is 0 Å². The molecule has 0 spiro atoms. The van der Waals surface area contributed by atoms with E-state index in [2.05, 4.69) is 10.4 Å². The van der Waals surface area contributed by atoms with Gasteiger partial charge in [-0.2, -0.15) is 0 Å². The number of pyridine rings is 1. The van der Waals surface area contributed by atoms with Crippen LogP contribution < -0.4 is 16.0 Å². The van der Waals surface area contributed by atoms with Crippen LogP contribution in [-0.2, 0) is 6.61 Å². The zero-order valence-electron chi connectivity index (χ0n) is 10.6. The summed E-state index contributed by atoms with van der Waals surface area (Å²) in [6.45, 7) is 4.50. The van der Waals surface area contributed by atoms with Crippen molar-refractivity contribution in [1.29, 1.82) is 0 Å². The smallest absolute Gasteiger partial charge is 0.140 e. The molecule has 2 aromatic rings. The minimum Gasteiger partial charge on any atom is -0.487 e. The molecule has 1 aromatic carbocycles. The first-order chi connectivity index (χ1) is 8.70. The maximum absolute atomic E-state index is 5.82. The zero-order chi connectivity index (χ0) is 13.0. The zero-order valence-corrected chi connectivity index (χ0v) is 10.6. The third kappa shape index (κ3) is 2.78. The summed E-state index contributed by atoms with van der Waals surface area (Å²) >= 11 is 0. The predicted octanol–water partition coefficient (Wildman–Crippen LogP) is 2.56. The van der Waals surface area contributed by atoms with E-state index in [9.17, 15) is 0 Å². The van der Waals surface area contributed by atoms with Gasteiger partial charge in [0, 0.05) is 0 Å². The van der Waals surface area contributed by atoms with Crippen molar-refractivity contribution in [2.75, 3.05) is 5.43 Å². The highest BCUT2D eigenvalue weighted by Crippen LogP contribution is 2.23. The quantitative estimate of drug-likeness (QED) is 0.640. The molecule has 0 fully saturated rings. The topological polar surface area (TPSA) is 60.2 Å². The number of nitrogens with one attached hydrogen (secondary N) is 1. The van der Waals surface area contributed by atoms with Crippen LogP contribution >= 0.6 is 0 Å². The Morgan fingerprint density at radius 1 is 1.11 bits per heavy atom. The molecular weight excluding hydrogens is 226 g/mol. The minimum absolute atomic E-state index is 0.432. The molecule has 0 unspecified atom stereocenters. The van der Waals surface area contributed by atoms with Crippen LogP contribution in [0.3, 0.4) is 0 Å². The van der Waals surface area contributed by atoms with E-state index < -0.39 is 0 Å². The summed E-state index contributed by atoms with van der Waals surface area (Å²) in [5.41, 5.74) is 5.62. The van der Waals surface area contributed by atoms with Crippen LogP contribution in [-0.4, -0.2) is 4.98 Å². The Morgan fingerprint density at radius 3 is 2.44 bits per heavy atom. The molecule has 1 aromatic heterocycles. The number of benzene rings is 1. The number of hydrazine groups is 1. The number of nitrogen functional groups attached to an aromatic ring is 1. The highest BCUT2D eigenvalue weighted by atomic mass is 16.5. The van der Waals surface area contributed by atoms with Crippen LogP contribution in [0.2, 0.25) is 0 Å². The van der Waals surface area contributed by atoms with Gasteiger partial charge in [-0.05, 0) is 37.1 Å². The van der Waals surface area contributed by atoms with E-state index in [0.717, 1.165) is 22.6 Å². The van der Waals surface area contributed by atoms with Crippen molar-refractivity contribution >= 4 is 5.82 Å². The molecule has 4 nitrogen and oxygen atoms in total. The molecular formula is C14H17N3O. The van der Waals surface area contributed by atoms with Crippen molar-refractivity contribution in [2.24, 2.45) is 5.84 Å². The van der Waals surface area contributed by atoms with Crippen molar-refractivity contribution < 1.29 is 4.74 Å². The number of anilines is 1. The first kappa shape index (κ1) is 12.4. The number of hydrogen-bond acceptors (Lipinski definition) is 4. The molecule has 0 amide bonds. The Balaban J connectivity index is 2.11. The van der Waals surface area contributed by atoms with E-state index in [1.54, 1.807) is 0 Å². The Bertz CT molecular complexity index is 520. The van der Waals surface area contributed by atoms with E-state index in [4.69, 9.17) is 10.6 Å². The first-order valence-corrected chi connectivity index (χ1v) is 5.82. The summed E-state index contributed by atoms with van der Waals surface area (Å²) in [7, 11) is 0. The predicted molar refractivity (Wildman–Crippen MR) is 72.3 cm³/mol.